The number of carbonyl (C=O) groups excluding carboxylic acids is 1. The second-order valence-corrected chi connectivity index (χ2v) is 8.06. The lowest BCUT2D eigenvalue weighted by molar-refractivity contribution is 0.0426. The standard InChI is InChI=1S/C20H21FN4OS/c1-12-13(2)23-24-18-15(12)16(22)17(27-18)19(26)25-10-8-20(21,9-11-25)14-6-4-3-5-7-14/h3-7H,8-11,22H2,1-2H3. The van der Waals surface area contributed by atoms with Gasteiger partial charge in [0.1, 0.15) is 15.4 Å². The molecule has 3 heterocycles. The number of fused-ring (bicyclic) bond motifs is 1. The van der Waals surface area contributed by atoms with Crippen LogP contribution in [0.1, 0.15) is 39.3 Å². The molecule has 4 rings (SSSR count). The number of aryl methyl sites for hydroxylation is 2. The molecule has 1 fully saturated rings. The van der Waals surface area contributed by atoms with Crippen molar-refractivity contribution in [1.82, 2.24) is 15.1 Å². The van der Waals surface area contributed by atoms with Gasteiger partial charge in [0.15, 0.2) is 0 Å². The monoisotopic (exact) mass is 384 g/mol. The van der Waals surface area contributed by atoms with Crippen LogP contribution in [0.25, 0.3) is 10.2 Å². The van der Waals surface area contributed by atoms with Gasteiger partial charge < -0.3 is 10.6 Å². The molecule has 2 aromatic heterocycles. The number of anilines is 1. The van der Waals surface area contributed by atoms with Crippen LogP contribution in [0.3, 0.4) is 0 Å². The van der Waals surface area contributed by atoms with Crippen molar-refractivity contribution in [3.05, 3.63) is 52.0 Å². The van der Waals surface area contributed by atoms with Gasteiger partial charge in [0.25, 0.3) is 5.91 Å². The minimum atomic E-state index is -1.39. The van der Waals surface area contributed by atoms with E-state index in [-0.39, 0.29) is 18.7 Å². The summed E-state index contributed by atoms with van der Waals surface area (Å²) in [5.41, 5.74) is 7.77. The summed E-state index contributed by atoms with van der Waals surface area (Å²) in [6, 6.07) is 9.19. The maximum Gasteiger partial charge on any atom is 0.266 e. The topological polar surface area (TPSA) is 72.1 Å². The fourth-order valence-corrected chi connectivity index (χ4v) is 4.70. The van der Waals surface area contributed by atoms with Gasteiger partial charge in [-0.2, -0.15) is 5.10 Å². The lowest BCUT2D eigenvalue weighted by Gasteiger charge is -2.36. The Morgan fingerprint density at radius 2 is 1.85 bits per heavy atom. The minimum Gasteiger partial charge on any atom is -0.397 e. The molecule has 27 heavy (non-hydrogen) atoms. The zero-order valence-corrected chi connectivity index (χ0v) is 16.1. The maximum atomic E-state index is 15.3. The third kappa shape index (κ3) is 2.96. The van der Waals surface area contributed by atoms with E-state index in [9.17, 15) is 4.79 Å². The second-order valence-electron chi connectivity index (χ2n) is 7.06. The average Bonchev–Trinajstić information content (AvgIpc) is 3.03. The molecule has 1 aliphatic heterocycles. The van der Waals surface area contributed by atoms with Gasteiger partial charge in [-0.15, -0.1) is 16.4 Å². The fourth-order valence-electron chi connectivity index (χ4n) is 3.63. The molecule has 7 heteroatoms. The summed E-state index contributed by atoms with van der Waals surface area (Å²) in [6.07, 6.45) is 0.566. The highest BCUT2D eigenvalue weighted by atomic mass is 32.1. The van der Waals surface area contributed by atoms with Crippen molar-refractivity contribution >= 4 is 33.1 Å². The van der Waals surface area contributed by atoms with Crippen molar-refractivity contribution in [1.29, 1.82) is 0 Å². The van der Waals surface area contributed by atoms with E-state index in [1.54, 1.807) is 4.90 Å². The number of hydrogen-bond donors (Lipinski definition) is 1. The quantitative estimate of drug-likeness (QED) is 0.725. The van der Waals surface area contributed by atoms with Gasteiger partial charge >= 0.3 is 0 Å². The molecular weight excluding hydrogens is 363 g/mol. The van der Waals surface area contributed by atoms with Crippen LogP contribution >= 0.6 is 11.3 Å². The first kappa shape index (κ1) is 17.9. The summed E-state index contributed by atoms with van der Waals surface area (Å²) in [5, 5.41) is 9.09. The first-order valence-electron chi connectivity index (χ1n) is 8.96. The molecule has 0 radical (unpaired) electrons. The Kier molecular flexibility index (Phi) is 4.34. The van der Waals surface area contributed by atoms with E-state index in [1.807, 2.05) is 44.2 Å². The second kappa shape index (κ2) is 6.56. The number of likely N-dealkylation sites (tertiary alicyclic amines) is 1. The van der Waals surface area contributed by atoms with Gasteiger partial charge in [-0.25, -0.2) is 4.39 Å². The number of nitrogens with zero attached hydrogens (tertiary/aromatic N) is 3. The van der Waals surface area contributed by atoms with E-state index >= 15 is 4.39 Å². The smallest absolute Gasteiger partial charge is 0.266 e. The number of piperidine rings is 1. The van der Waals surface area contributed by atoms with E-state index in [1.165, 1.54) is 11.3 Å². The fraction of sp³-hybridized carbons (Fsp3) is 0.350. The van der Waals surface area contributed by atoms with Crippen molar-refractivity contribution < 1.29 is 9.18 Å². The number of benzene rings is 1. The first-order valence-corrected chi connectivity index (χ1v) is 9.78. The first-order chi connectivity index (χ1) is 12.9. The number of halogens is 1. The molecule has 1 aromatic carbocycles. The predicted octanol–water partition coefficient (Wildman–Crippen LogP) is 3.99. The third-order valence-electron chi connectivity index (χ3n) is 5.46. The summed E-state index contributed by atoms with van der Waals surface area (Å²) in [4.78, 5) is 15.8. The van der Waals surface area contributed by atoms with Gasteiger partial charge in [-0.3, -0.25) is 4.79 Å². The molecule has 0 aliphatic carbocycles. The zero-order chi connectivity index (χ0) is 19.2. The number of hydrogen-bond acceptors (Lipinski definition) is 5. The Hall–Kier alpha value is -2.54. The molecule has 2 N–H and O–H groups in total. The minimum absolute atomic E-state index is 0.150. The number of alkyl halides is 1. The molecule has 0 spiro atoms. The Labute approximate surface area is 161 Å². The van der Waals surface area contributed by atoms with Crippen molar-refractivity contribution in [3.8, 4) is 0 Å². The molecule has 1 amide bonds. The number of carbonyl (C=O) groups is 1. The normalized spacial score (nSPS) is 16.6. The lowest BCUT2D eigenvalue weighted by Crippen LogP contribution is -2.43. The Bertz CT molecular complexity index is 1010. The van der Waals surface area contributed by atoms with Crippen LogP contribution in [0.15, 0.2) is 30.3 Å². The van der Waals surface area contributed by atoms with E-state index in [2.05, 4.69) is 10.2 Å². The number of aromatic nitrogens is 2. The van der Waals surface area contributed by atoms with Crippen LogP contribution in [0, 0.1) is 13.8 Å². The summed E-state index contributed by atoms with van der Waals surface area (Å²) < 4.78 is 15.3. The lowest BCUT2D eigenvalue weighted by atomic mass is 9.86. The molecule has 0 saturated carbocycles. The van der Waals surface area contributed by atoms with Crippen molar-refractivity contribution in [3.63, 3.8) is 0 Å². The van der Waals surface area contributed by atoms with E-state index < -0.39 is 5.67 Å². The van der Waals surface area contributed by atoms with Gasteiger partial charge in [-0.05, 0) is 25.0 Å². The van der Waals surface area contributed by atoms with Crippen LogP contribution in [0.5, 0.6) is 0 Å². The van der Waals surface area contributed by atoms with Crippen molar-refractivity contribution in [2.45, 2.75) is 32.4 Å². The Morgan fingerprint density at radius 3 is 2.52 bits per heavy atom. The van der Waals surface area contributed by atoms with Gasteiger partial charge in [0, 0.05) is 31.3 Å². The summed E-state index contributed by atoms with van der Waals surface area (Å²) >= 11 is 1.26. The summed E-state index contributed by atoms with van der Waals surface area (Å²) in [5.74, 6) is -0.150. The Morgan fingerprint density at radius 1 is 1.19 bits per heavy atom. The van der Waals surface area contributed by atoms with E-state index in [4.69, 9.17) is 5.73 Å². The van der Waals surface area contributed by atoms with Gasteiger partial charge in [0.2, 0.25) is 0 Å². The van der Waals surface area contributed by atoms with Gasteiger partial charge in [-0.1, -0.05) is 30.3 Å². The largest absolute Gasteiger partial charge is 0.397 e. The van der Waals surface area contributed by atoms with E-state index in [0.29, 0.717) is 34.0 Å². The summed E-state index contributed by atoms with van der Waals surface area (Å²) in [7, 11) is 0. The number of nitrogens with two attached hydrogens (primary N) is 1. The van der Waals surface area contributed by atoms with Crippen LogP contribution < -0.4 is 5.73 Å². The molecule has 0 atom stereocenters. The molecule has 140 valence electrons. The van der Waals surface area contributed by atoms with Crippen molar-refractivity contribution in [2.24, 2.45) is 0 Å². The number of thiophene rings is 1. The number of nitrogen functional groups attached to an aromatic ring is 1. The molecule has 3 aromatic rings. The average molecular weight is 384 g/mol. The molecule has 0 bridgehead atoms. The maximum absolute atomic E-state index is 15.3. The molecule has 0 unspecified atom stereocenters. The molecule has 1 aliphatic rings. The van der Waals surface area contributed by atoms with E-state index in [0.717, 1.165) is 16.6 Å². The molecule has 1 saturated heterocycles. The van der Waals surface area contributed by atoms with Crippen LogP contribution in [0.2, 0.25) is 0 Å². The highest BCUT2D eigenvalue weighted by Crippen LogP contribution is 2.39. The molecule has 5 nitrogen and oxygen atoms in total. The van der Waals surface area contributed by atoms with Crippen molar-refractivity contribution in [2.75, 3.05) is 18.8 Å². The van der Waals surface area contributed by atoms with Crippen LogP contribution in [0.4, 0.5) is 10.1 Å². The highest BCUT2D eigenvalue weighted by Gasteiger charge is 2.38. The van der Waals surface area contributed by atoms with Gasteiger partial charge in [0.05, 0.1) is 11.4 Å². The highest BCUT2D eigenvalue weighted by molar-refractivity contribution is 7.21. The third-order valence-corrected chi connectivity index (χ3v) is 6.54. The zero-order valence-electron chi connectivity index (χ0n) is 15.3. The number of amides is 1. The predicted molar refractivity (Wildman–Crippen MR) is 106 cm³/mol. The summed E-state index contributed by atoms with van der Waals surface area (Å²) in [6.45, 7) is 4.53. The number of rotatable bonds is 2. The SMILES string of the molecule is Cc1nnc2sc(C(=O)N3CCC(F)(c4ccccc4)CC3)c(N)c2c1C. The molecular formula is C20H21FN4OS. The Balaban J connectivity index is 1.58. The van der Waals surface area contributed by atoms with Crippen LogP contribution in [-0.4, -0.2) is 34.1 Å². The van der Waals surface area contributed by atoms with Crippen LogP contribution in [-0.2, 0) is 5.67 Å².